The summed E-state index contributed by atoms with van der Waals surface area (Å²) < 4.78 is 0. The van der Waals surface area contributed by atoms with Gasteiger partial charge in [0.2, 0.25) is 0 Å². The number of aliphatic carboxylic acids is 1. The van der Waals surface area contributed by atoms with E-state index in [2.05, 4.69) is 9.97 Å². The maximum absolute atomic E-state index is 12.5. The van der Waals surface area contributed by atoms with E-state index in [-0.39, 0.29) is 5.91 Å². The molecule has 20 heavy (non-hydrogen) atoms. The molecular weight excluding hydrogens is 258 g/mol. The molecule has 1 aliphatic heterocycles. The number of hydrogen-bond acceptors (Lipinski definition) is 4. The van der Waals surface area contributed by atoms with Crippen molar-refractivity contribution in [3.63, 3.8) is 0 Å². The maximum Gasteiger partial charge on any atom is 0.326 e. The molecule has 1 aromatic heterocycles. The highest BCUT2D eigenvalue weighted by Crippen LogP contribution is 2.37. The number of carbonyl (C=O) groups excluding carboxylic acids is 1. The van der Waals surface area contributed by atoms with Gasteiger partial charge in [-0.15, -0.1) is 0 Å². The average molecular weight is 275 g/mol. The standard InChI is InChI=1S/C14H17N3O3/c18-13(17-8-2-1-3-11(17)14(19)20)10-6-7-15-12(16-10)9-4-5-9/h6-7,9,11H,1-5,8H2,(H,19,20)/t11-/m1/s1. The van der Waals surface area contributed by atoms with Crippen LogP contribution in [0.4, 0.5) is 0 Å². The number of piperidine rings is 1. The number of carboxylic acids is 1. The third kappa shape index (κ3) is 2.50. The van der Waals surface area contributed by atoms with Crippen LogP contribution in [-0.2, 0) is 4.79 Å². The van der Waals surface area contributed by atoms with Crippen LogP contribution in [0.1, 0.15) is 54.3 Å². The van der Waals surface area contributed by atoms with Crippen molar-refractivity contribution in [3.8, 4) is 0 Å². The van der Waals surface area contributed by atoms with Crippen molar-refractivity contribution in [2.75, 3.05) is 6.54 Å². The molecule has 2 fully saturated rings. The predicted octanol–water partition coefficient (Wildman–Crippen LogP) is 1.43. The normalized spacial score (nSPS) is 22.6. The van der Waals surface area contributed by atoms with Crippen LogP contribution in [0, 0.1) is 0 Å². The minimum absolute atomic E-state index is 0.290. The molecule has 0 aromatic carbocycles. The fraction of sp³-hybridized carbons (Fsp3) is 0.571. The minimum Gasteiger partial charge on any atom is -0.480 e. The Balaban J connectivity index is 1.83. The summed E-state index contributed by atoms with van der Waals surface area (Å²) in [6, 6.07) is 0.845. The highest BCUT2D eigenvalue weighted by Gasteiger charge is 2.34. The molecule has 6 nitrogen and oxygen atoms in total. The number of carboxylic acid groups (broad SMARTS) is 1. The summed E-state index contributed by atoms with van der Waals surface area (Å²) in [5.74, 6) is -0.143. The van der Waals surface area contributed by atoms with Gasteiger partial charge in [-0.3, -0.25) is 4.79 Å². The number of rotatable bonds is 3. The van der Waals surface area contributed by atoms with E-state index in [9.17, 15) is 14.7 Å². The van der Waals surface area contributed by atoms with Gasteiger partial charge in [-0.25, -0.2) is 14.8 Å². The highest BCUT2D eigenvalue weighted by atomic mass is 16.4. The molecule has 0 spiro atoms. The zero-order valence-corrected chi connectivity index (χ0v) is 11.2. The quantitative estimate of drug-likeness (QED) is 0.902. The van der Waals surface area contributed by atoms with Crippen molar-refractivity contribution in [3.05, 3.63) is 23.8 Å². The van der Waals surface area contributed by atoms with Crippen LogP contribution in [0.5, 0.6) is 0 Å². The van der Waals surface area contributed by atoms with E-state index < -0.39 is 12.0 Å². The molecule has 1 saturated heterocycles. The third-order valence-corrected chi connectivity index (χ3v) is 3.88. The monoisotopic (exact) mass is 275 g/mol. The summed E-state index contributed by atoms with van der Waals surface area (Å²) in [4.78, 5) is 33.7. The van der Waals surface area contributed by atoms with Crippen molar-refractivity contribution in [1.82, 2.24) is 14.9 Å². The summed E-state index contributed by atoms with van der Waals surface area (Å²) in [5, 5.41) is 9.23. The third-order valence-electron chi connectivity index (χ3n) is 3.88. The summed E-state index contributed by atoms with van der Waals surface area (Å²) in [6.45, 7) is 0.485. The van der Waals surface area contributed by atoms with Crippen LogP contribution >= 0.6 is 0 Å². The van der Waals surface area contributed by atoms with E-state index in [1.54, 1.807) is 12.3 Å². The molecule has 2 aliphatic rings. The van der Waals surface area contributed by atoms with E-state index in [0.717, 1.165) is 25.7 Å². The minimum atomic E-state index is -0.936. The average Bonchev–Trinajstić information content (AvgIpc) is 3.31. The fourth-order valence-corrected chi connectivity index (χ4v) is 2.61. The second-order valence-electron chi connectivity index (χ2n) is 5.42. The van der Waals surface area contributed by atoms with Crippen LogP contribution in [0.2, 0.25) is 0 Å². The molecule has 6 heteroatoms. The van der Waals surface area contributed by atoms with Gasteiger partial charge in [0, 0.05) is 18.7 Å². The molecule has 1 atom stereocenters. The van der Waals surface area contributed by atoms with Crippen molar-refractivity contribution >= 4 is 11.9 Å². The molecular formula is C14H17N3O3. The summed E-state index contributed by atoms with van der Waals surface area (Å²) >= 11 is 0. The molecule has 3 rings (SSSR count). The van der Waals surface area contributed by atoms with Crippen LogP contribution in [0.25, 0.3) is 0 Å². The molecule has 1 aliphatic carbocycles. The molecule has 0 unspecified atom stereocenters. The topological polar surface area (TPSA) is 83.4 Å². The van der Waals surface area contributed by atoms with Crippen molar-refractivity contribution in [2.24, 2.45) is 0 Å². The number of amides is 1. The fourth-order valence-electron chi connectivity index (χ4n) is 2.61. The largest absolute Gasteiger partial charge is 0.480 e. The van der Waals surface area contributed by atoms with Gasteiger partial charge in [-0.2, -0.15) is 0 Å². The summed E-state index contributed by atoms with van der Waals surface area (Å²) in [7, 11) is 0. The van der Waals surface area contributed by atoms with Gasteiger partial charge in [-0.1, -0.05) is 0 Å². The maximum atomic E-state index is 12.5. The number of nitrogens with zero attached hydrogens (tertiary/aromatic N) is 3. The molecule has 1 saturated carbocycles. The second kappa shape index (κ2) is 5.19. The first-order valence-corrected chi connectivity index (χ1v) is 7.03. The lowest BCUT2D eigenvalue weighted by molar-refractivity contribution is -0.143. The highest BCUT2D eigenvalue weighted by molar-refractivity contribution is 5.95. The zero-order valence-electron chi connectivity index (χ0n) is 11.2. The Morgan fingerprint density at radius 2 is 2.05 bits per heavy atom. The Labute approximate surface area is 116 Å². The number of likely N-dealkylation sites (tertiary alicyclic amines) is 1. The van der Waals surface area contributed by atoms with E-state index >= 15 is 0 Å². The Morgan fingerprint density at radius 1 is 1.25 bits per heavy atom. The number of hydrogen-bond donors (Lipinski definition) is 1. The molecule has 0 bridgehead atoms. The lowest BCUT2D eigenvalue weighted by Crippen LogP contribution is -2.48. The van der Waals surface area contributed by atoms with Gasteiger partial charge >= 0.3 is 5.97 Å². The van der Waals surface area contributed by atoms with Crippen LogP contribution in [-0.4, -0.2) is 44.4 Å². The van der Waals surface area contributed by atoms with Crippen molar-refractivity contribution in [1.29, 1.82) is 0 Å². The lowest BCUT2D eigenvalue weighted by atomic mass is 10.0. The van der Waals surface area contributed by atoms with Crippen molar-refractivity contribution < 1.29 is 14.7 Å². The first-order valence-electron chi connectivity index (χ1n) is 7.03. The van der Waals surface area contributed by atoms with E-state index in [1.165, 1.54) is 4.90 Å². The molecule has 1 amide bonds. The Morgan fingerprint density at radius 3 is 2.75 bits per heavy atom. The zero-order chi connectivity index (χ0) is 14.1. The van der Waals surface area contributed by atoms with Crippen LogP contribution in [0.3, 0.4) is 0 Å². The van der Waals surface area contributed by atoms with E-state index in [4.69, 9.17) is 0 Å². The SMILES string of the molecule is O=C(O)[C@H]1CCCCN1C(=O)c1ccnc(C2CC2)n1. The van der Waals surface area contributed by atoms with Crippen LogP contribution in [0.15, 0.2) is 12.3 Å². The van der Waals surface area contributed by atoms with Crippen molar-refractivity contribution in [2.45, 2.75) is 44.1 Å². The molecule has 106 valence electrons. The van der Waals surface area contributed by atoms with Gasteiger partial charge in [-0.05, 0) is 38.2 Å². The Kier molecular flexibility index (Phi) is 3.38. The molecule has 0 radical (unpaired) electrons. The van der Waals surface area contributed by atoms with E-state index in [0.29, 0.717) is 30.4 Å². The number of carbonyl (C=O) groups is 2. The number of aromatic nitrogens is 2. The summed E-state index contributed by atoms with van der Waals surface area (Å²) in [5.41, 5.74) is 0.315. The first-order chi connectivity index (χ1) is 9.66. The second-order valence-corrected chi connectivity index (χ2v) is 5.42. The van der Waals surface area contributed by atoms with E-state index in [1.807, 2.05) is 0 Å². The molecule has 1 aromatic rings. The predicted molar refractivity (Wildman–Crippen MR) is 70.3 cm³/mol. The Bertz CT molecular complexity index is 542. The smallest absolute Gasteiger partial charge is 0.326 e. The summed E-state index contributed by atoms with van der Waals surface area (Å²) in [6.07, 6.45) is 5.93. The van der Waals surface area contributed by atoms with Crippen LogP contribution < -0.4 is 0 Å². The van der Waals surface area contributed by atoms with Gasteiger partial charge in [0.25, 0.3) is 5.91 Å². The Hall–Kier alpha value is -1.98. The molecule has 2 heterocycles. The van der Waals surface area contributed by atoms with Gasteiger partial charge in [0.15, 0.2) is 0 Å². The van der Waals surface area contributed by atoms with Gasteiger partial charge in [0.05, 0.1) is 0 Å². The first kappa shape index (κ1) is 13.0. The van der Waals surface area contributed by atoms with Gasteiger partial charge in [0.1, 0.15) is 17.6 Å². The molecule has 1 N–H and O–H groups in total. The lowest BCUT2D eigenvalue weighted by Gasteiger charge is -2.32. The van der Waals surface area contributed by atoms with Gasteiger partial charge < -0.3 is 10.0 Å².